The first-order chi connectivity index (χ1) is 17.2. The number of amides is 2. The molecule has 1 N–H and O–H groups in total. The summed E-state index contributed by atoms with van der Waals surface area (Å²) in [6, 6.07) is 11.4. The number of hydrogen-bond donors (Lipinski definition) is 1. The molecule has 1 aliphatic heterocycles. The highest BCUT2D eigenvalue weighted by molar-refractivity contribution is 6.45. The Kier molecular flexibility index (Phi) is 6.97. The van der Waals surface area contributed by atoms with E-state index < -0.39 is 23.2 Å². The molecule has 0 saturated carbocycles. The van der Waals surface area contributed by atoms with Gasteiger partial charge in [0.05, 0.1) is 22.5 Å². The molecule has 0 radical (unpaired) electrons. The lowest BCUT2D eigenvalue weighted by molar-refractivity contribution is -0.120. The first-order valence-corrected chi connectivity index (χ1v) is 12.3. The Bertz CT molecular complexity index is 1430. The lowest BCUT2D eigenvalue weighted by Gasteiger charge is -2.23. The van der Waals surface area contributed by atoms with E-state index in [1.54, 1.807) is 11.0 Å². The number of hydrogen-bond acceptors (Lipinski definition) is 4. The van der Waals surface area contributed by atoms with Gasteiger partial charge in [0.1, 0.15) is 11.5 Å². The molecule has 36 heavy (non-hydrogen) atoms. The molecular formula is C28H31FN4O3. The minimum absolute atomic E-state index is 0.0140. The summed E-state index contributed by atoms with van der Waals surface area (Å²) in [7, 11) is 0. The van der Waals surface area contributed by atoms with Crippen molar-refractivity contribution in [3.63, 3.8) is 0 Å². The standard InChI is InChI=1S/C28H31FN4O3/c1-6-11-20-23(27(35)33(30-20)21-15-14-17(4)16-18(21)5)24-25(31(7-2)8-3)28(36)32(26(24)34)22-13-10-9-12-19(22)29/h9-10,12-16,30H,6-8,11H2,1-5H3. The van der Waals surface area contributed by atoms with Crippen LogP contribution in [0.1, 0.15) is 49.6 Å². The van der Waals surface area contributed by atoms with E-state index in [1.165, 1.54) is 22.9 Å². The van der Waals surface area contributed by atoms with Gasteiger partial charge in [0.2, 0.25) is 0 Å². The van der Waals surface area contributed by atoms with Crippen molar-refractivity contribution in [3.8, 4) is 5.69 Å². The second-order valence-corrected chi connectivity index (χ2v) is 8.94. The van der Waals surface area contributed by atoms with Crippen molar-refractivity contribution in [2.75, 3.05) is 18.0 Å². The zero-order valence-electron chi connectivity index (χ0n) is 21.3. The maximum atomic E-state index is 14.7. The molecule has 0 spiro atoms. The van der Waals surface area contributed by atoms with Crippen molar-refractivity contribution in [2.24, 2.45) is 0 Å². The number of halogens is 1. The fraction of sp³-hybridized carbons (Fsp3) is 0.321. The number of carbonyl (C=O) groups excluding carboxylic acids is 2. The number of nitrogens with zero attached hydrogens (tertiary/aromatic N) is 3. The molecule has 0 aliphatic carbocycles. The molecule has 2 heterocycles. The van der Waals surface area contributed by atoms with Crippen LogP contribution in [0, 0.1) is 19.7 Å². The highest BCUT2D eigenvalue weighted by Crippen LogP contribution is 2.36. The van der Waals surface area contributed by atoms with Crippen molar-refractivity contribution < 1.29 is 14.0 Å². The van der Waals surface area contributed by atoms with E-state index in [0.717, 1.165) is 16.0 Å². The summed E-state index contributed by atoms with van der Waals surface area (Å²) in [5, 5.41) is 3.20. The fourth-order valence-corrected chi connectivity index (χ4v) is 4.83. The minimum Gasteiger partial charge on any atom is -0.367 e. The van der Waals surface area contributed by atoms with Crippen molar-refractivity contribution in [1.29, 1.82) is 0 Å². The van der Waals surface area contributed by atoms with Gasteiger partial charge in [-0.15, -0.1) is 0 Å². The Morgan fingerprint density at radius 3 is 2.22 bits per heavy atom. The van der Waals surface area contributed by atoms with Crippen LogP contribution < -0.4 is 10.5 Å². The van der Waals surface area contributed by atoms with Crippen LogP contribution in [-0.2, 0) is 16.0 Å². The van der Waals surface area contributed by atoms with Crippen LogP contribution in [0.2, 0.25) is 0 Å². The van der Waals surface area contributed by atoms with Crippen LogP contribution in [0.15, 0.2) is 53.0 Å². The molecule has 8 heteroatoms. The molecule has 2 aromatic carbocycles. The van der Waals surface area contributed by atoms with Gasteiger partial charge in [0.15, 0.2) is 0 Å². The molecule has 0 fully saturated rings. The number of likely N-dealkylation sites (N-methyl/N-ethyl adjacent to an activating group) is 1. The second-order valence-electron chi connectivity index (χ2n) is 8.94. The molecule has 3 aromatic rings. The second kappa shape index (κ2) is 9.97. The summed E-state index contributed by atoms with van der Waals surface area (Å²) >= 11 is 0. The maximum Gasteiger partial charge on any atom is 0.282 e. The molecule has 1 aromatic heterocycles. The van der Waals surface area contributed by atoms with Crippen molar-refractivity contribution >= 4 is 23.1 Å². The maximum absolute atomic E-state index is 14.7. The molecule has 1 aliphatic rings. The number of para-hydroxylation sites is 1. The largest absolute Gasteiger partial charge is 0.367 e. The Labute approximate surface area is 209 Å². The number of H-pyrrole nitrogens is 1. The fourth-order valence-electron chi connectivity index (χ4n) is 4.83. The molecule has 0 bridgehead atoms. The third-order valence-electron chi connectivity index (χ3n) is 6.54. The third-order valence-corrected chi connectivity index (χ3v) is 6.54. The van der Waals surface area contributed by atoms with Gasteiger partial charge in [-0.3, -0.25) is 19.5 Å². The Morgan fingerprint density at radius 2 is 1.61 bits per heavy atom. The number of rotatable bonds is 8. The summed E-state index contributed by atoms with van der Waals surface area (Å²) < 4.78 is 16.2. The van der Waals surface area contributed by atoms with Gasteiger partial charge in [0, 0.05) is 18.8 Å². The van der Waals surface area contributed by atoms with Crippen LogP contribution in [0.25, 0.3) is 11.3 Å². The van der Waals surface area contributed by atoms with Gasteiger partial charge in [-0.1, -0.05) is 43.2 Å². The number of benzene rings is 2. The van der Waals surface area contributed by atoms with Crippen molar-refractivity contribution in [3.05, 3.63) is 86.7 Å². The monoisotopic (exact) mass is 490 g/mol. The first-order valence-electron chi connectivity index (χ1n) is 12.3. The SMILES string of the molecule is CCCc1[nH]n(-c2ccc(C)cc2C)c(=O)c1C1=C(N(CC)CC)C(=O)N(c2ccccc2F)C1=O. The quantitative estimate of drug-likeness (QED) is 0.472. The number of nitrogens with one attached hydrogen (secondary N) is 1. The first kappa shape index (κ1) is 25.2. The third kappa shape index (κ3) is 4.06. The topological polar surface area (TPSA) is 78.4 Å². The van der Waals surface area contributed by atoms with Gasteiger partial charge >= 0.3 is 0 Å². The number of aromatic amines is 1. The Morgan fingerprint density at radius 1 is 0.917 bits per heavy atom. The predicted molar refractivity (Wildman–Crippen MR) is 139 cm³/mol. The Balaban J connectivity index is 2.00. The molecule has 7 nitrogen and oxygen atoms in total. The number of carbonyl (C=O) groups is 2. The molecule has 0 unspecified atom stereocenters. The van der Waals surface area contributed by atoms with E-state index in [-0.39, 0.29) is 22.5 Å². The molecular weight excluding hydrogens is 459 g/mol. The zero-order chi connectivity index (χ0) is 26.1. The minimum atomic E-state index is -0.701. The van der Waals surface area contributed by atoms with Crippen LogP contribution in [0.4, 0.5) is 10.1 Å². The summed E-state index contributed by atoms with van der Waals surface area (Å²) in [4.78, 5) is 44.1. The van der Waals surface area contributed by atoms with E-state index in [4.69, 9.17) is 0 Å². The Hall–Kier alpha value is -3.94. The molecule has 2 amide bonds. The highest BCUT2D eigenvalue weighted by Gasteiger charge is 2.45. The number of aromatic nitrogens is 2. The van der Waals surface area contributed by atoms with E-state index in [0.29, 0.717) is 37.3 Å². The van der Waals surface area contributed by atoms with Crippen LogP contribution in [0.3, 0.4) is 0 Å². The highest BCUT2D eigenvalue weighted by atomic mass is 19.1. The van der Waals surface area contributed by atoms with Gasteiger partial charge in [-0.25, -0.2) is 14.0 Å². The molecule has 188 valence electrons. The van der Waals surface area contributed by atoms with Crippen molar-refractivity contribution in [2.45, 2.75) is 47.5 Å². The molecule has 0 saturated heterocycles. The van der Waals surface area contributed by atoms with Gasteiger partial charge < -0.3 is 4.90 Å². The molecule has 4 rings (SSSR count). The van der Waals surface area contributed by atoms with E-state index in [2.05, 4.69) is 5.10 Å². The lowest BCUT2D eigenvalue weighted by atomic mass is 10.0. The number of imide groups is 1. The molecule has 0 atom stereocenters. The van der Waals surface area contributed by atoms with Crippen LogP contribution in [0.5, 0.6) is 0 Å². The predicted octanol–water partition coefficient (Wildman–Crippen LogP) is 4.50. The zero-order valence-corrected chi connectivity index (χ0v) is 21.3. The number of aryl methyl sites for hydroxylation is 3. The van der Waals surface area contributed by atoms with E-state index in [9.17, 15) is 18.8 Å². The van der Waals surface area contributed by atoms with Gasteiger partial charge in [-0.05, 0) is 57.9 Å². The smallest absolute Gasteiger partial charge is 0.282 e. The van der Waals surface area contributed by atoms with Crippen molar-refractivity contribution in [1.82, 2.24) is 14.7 Å². The summed E-state index contributed by atoms with van der Waals surface area (Å²) in [5.74, 6) is -2.02. The lowest BCUT2D eigenvalue weighted by Crippen LogP contribution is -2.35. The normalized spacial score (nSPS) is 13.8. The van der Waals surface area contributed by atoms with Crippen LogP contribution >= 0.6 is 0 Å². The average molecular weight is 491 g/mol. The average Bonchev–Trinajstić information content (AvgIpc) is 3.28. The van der Waals surface area contributed by atoms with Crippen LogP contribution in [-0.4, -0.2) is 39.6 Å². The van der Waals surface area contributed by atoms with E-state index in [1.807, 2.05) is 52.8 Å². The summed E-state index contributed by atoms with van der Waals surface area (Å²) in [6.45, 7) is 10.5. The number of anilines is 1. The van der Waals surface area contributed by atoms with E-state index >= 15 is 0 Å². The summed E-state index contributed by atoms with van der Waals surface area (Å²) in [5.41, 5.74) is 2.95. The summed E-state index contributed by atoms with van der Waals surface area (Å²) in [6.07, 6.45) is 1.21. The van der Waals surface area contributed by atoms with Gasteiger partial charge in [-0.2, -0.15) is 0 Å². The van der Waals surface area contributed by atoms with Gasteiger partial charge in [0.25, 0.3) is 17.4 Å².